The Kier molecular flexibility index (Phi) is 6.72. The number of thiazole rings is 1. The van der Waals surface area contributed by atoms with E-state index < -0.39 is 5.97 Å². The van der Waals surface area contributed by atoms with E-state index in [2.05, 4.69) is 21.9 Å². The predicted molar refractivity (Wildman–Crippen MR) is 149 cm³/mol. The summed E-state index contributed by atoms with van der Waals surface area (Å²) in [6.45, 7) is 5.29. The van der Waals surface area contributed by atoms with Crippen LogP contribution in [-0.4, -0.2) is 58.9 Å². The Morgan fingerprint density at radius 3 is 2.66 bits per heavy atom. The molecule has 1 aliphatic heterocycles. The van der Waals surface area contributed by atoms with Gasteiger partial charge in [0.2, 0.25) is 0 Å². The number of ether oxygens (including phenoxy) is 1. The van der Waals surface area contributed by atoms with Gasteiger partial charge in [0.15, 0.2) is 5.13 Å². The van der Waals surface area contributed by atoms with Crippen molar-refractivity contribution in [3.8, 4) is 17.0 Å². The van der Waals surface area contributed by atoms with Crippen molar-refractivity contribution in [2.24, 2.45) is 0 Å². The van der Waals surface area contributed by atoms with Crippen molar-refractivity contribution in [1.82, 2.24) is 15.0 Å². The molecule has 8 nitrogen and oxygen atoms in total. The van der Waals surface area contributed by atoms with Crippen molar-refractivity contribution in [2.45, 2.75) is 38.3 Å². The third kappa shape index (κ3) is 4.62. The average Bonchev–Trinajstić information content (AvgIpc) is 3.51. The number of piperazine rings is 1. The van der Waals surface area contributed by atoms with Crippen LogP contribution in [0.2, 0.25) is 10.0 Å². The summed E-state index contributed by atoms with van der Waals surface area (Å²) in [4.78, 5) is 21.0. The maximum atomic E-state index is 11.5. The van der Waals surface area contributed by atoms with Gasteiger partial charge in [-0.05, 0) is 44.0 Å². The number of benzene rings is 2. The van der Waals surface area contributed by atoms with Gasteiger partial charge in [0.1, 0.15) is 17.2 Å². The van der Waals surface area contributed by atoms with Gasteiger partial charge in [0.05, 0.1) is 32.9 Å². The van der Waals surface area contributed by atoms with Gasteiger partial charge < -0.3 is 19.3 Å². The molecule has 38 heavy (non-hydrogen) atoms. The van der Waals surface area contributed by atoms with Crippen LogP contribution in [-0.2, 0) is 6.54 Å². The second-order valence-corrected chi connectivity index (χ2v) is 11.6. The highest BCUT2D eigenvalue weighted by Gasteiger charge is 2.35. The van der Waals surface area contributed by atoms with Crippen molar-refractivity contribution in [1.29, 1.82) is 0 Å². The summed E-state index contributed by atoms with van der Waals surface area (Å²) in [7, 11) is 1.55. The first-order valence-electron chi connectivity index (χ1n) is 12.5. The summed E-state index contributed by atoms with van der Waals surface area (Å²) >= 11 is 14.6. The first kappa shape index (κ1) is 25.4. The highest BCUT2D eigenvalue weighted by atomic mass is 35.5. The molecule has 2 fully saturated rings. The molecule has 0 spiro atoms. The number of anilines is 1. The minimum atomic E-state index is -1.00. The summed E-state index contributed by atoms with van der Waals surface area (Å²) in [5, 5.41) is 15.9. The Balaban J connectivity index is 1.25. The first-order valence-corrected chi connectivity index (χ1v) is 14.0. The highest BCUT2D eigenvalue weighted by molar-refractivity contribution is 7.22. The first-order chi connectivity index (χ1) is 18.3. The van der Waals surface area contributed by atoms with Crippen molar-refractivity contribution < 1.29 is 19.2 Å². The number of hydrogen-bond donors (Lipinski definition) is 1. The van der Waals surface area contributed by atoms with Gasteiger partial charge in [-0.25, -0.2) is 9.78 Å². The molecule has 0 bridgehead atoms. The number of aromatic nitrogens is 2. The minimum Gasteiger partial charge on any atom is -0.495 e. The average molecular weight is 574 g/mol. The number of carboxylic acids is 1. The van der Waals surface area contributed by atoms with Crippen LogP contribution in [0.4, 0.5) is 5.13 Å². The lowest BCUT2D eigenvalue weighted by atomic mass is 10.0. The summed E-state index contributed by atoms with van der Waals surface area (Å²) in [6, 6.07) is 8.82. The van der Waals surface area contributed by atoms with Crippen LogP contribution in [0.25, 0.3) is 21.5 Å². The fourth-order valence-corrected chi connectivity index (χ4v) is 6.88. The van der Waals surface area contributed by atoms with Crippen LogP contribution in [0, 0.1) is 0 Å². The number of carboxylic acid groups (broad SMARTS) is 1. The van der Waals surface area contributed by atoms with Gasteiger partial charge >= 0.3 is 5.97 Å². The van der Waals surface area contributed by atoms with Crippen molar-refractivity contribution in [2.75, 3.05) is 31.6 Å². The number of nitrogens with zero attached hydrogens (tertiary/aromatic N) is 4. The molecular weight excluding hydrogens is 547 g/mol. The molecule has 0 radical (unpaired) electrons. The number of fused-ring (bicyclic) bond motifs is 1. The van der Waals surface area contributed by atoms with E-state index in [1.54, 1.807) is 19.2 Å². The van der Waals surface area contributed by atoms with E-state index >= 15 is 0 Å². The molecule has 6 rings (SSSR count). The Labute approximate surface area is 233 Å². The molecule has 2 aliphatic rings. The molecule has 0 amide bonds. The number of methoxy groups -OCH3 is 1. The molecule has 1 atom stereocenters. The molecule has 11 heteroatoms. The molecule has 1 saturated carbocycles. The third-order valence-electron chi connectivity index (χ3n) is 7.22. The molecule has 198 valence electrons. The van der Waals surface area contributed by atoms with Gasteiger partial charge in [-0.1, -0.05) is 45.8 Å². The van der Waals surface area contributed by atoms with Crippen molar-refractivity contribution >= 4 is 55.9 Å². The Bertz CT molecular complexity index is 1510. The van der Waals surface area contributed by atoms with E-state index in [-0.39, 0.29) is 11.6 Å². The van der Waals surface area contributed by atoms with E-state index in [0.29, 0.717) is 33.8 Å². The standard InChI is InChI=1S/C27H26Cl2N4O4S/c1-14-12-32(8-9-33(14)27-30-20-10-16(26(34)35)11-21(36-2)25(20)38-27)13-17-23(31-37-24(17)15-6-7-15)22-18(28)4-3-5-19(22)29/h3-5,10-11,14-15H,6-9,12-13H2,1-2H3,(H,34,35)/t14-/m0/s1. The van der Waals surface area contributed by atoms with Crippen LogP contribution in [0.15, 0.2) is 34.9 Å². The maximum Gasteiger partial charge on any atom is 0.335 e. The van der Waals surface area contributed by atoms with Gasteiger partial charge in [0.25, 0.3) is 0 Å². The monoisotopic (exact) mass is 572 g/mol. The molecule has 1 N–H and O–H groups in total. The second kappa shape index (κ2) is 10.0. The van der Waals surface area contributed by atoms with E-state index in [9.17, 15) is 9.90 Å². The van der Waals surface area contributed by atoms with Crippen molar-refractivity contribution in [3.63, 3.8) is 0 Å². The normalized spacial score (nSPS) is 18.3. The van der Waals surface area contributed by atoms with E-state index in [4.69, 9.17) is 37.4 Å². The summed E-state index contributed by atoms with van der Waals surface area (Å²) in [5.74, 6) is 0.873. The largest absolute Gasteiger partial charge is 0.495 e. The quantitative estimate of drug-likeness (QED) is 0.266. The van der Waals surface area contributed by atoms with Crippen LogP contribution >= 0.6 is 34.5 Å². The fourth-order valence-electron chi connectivity index (χ4n) is 5.13. The number of hydrogen-bond acceptors (Lipinski definition) is 8. The molecule has 2 aromatic carbocycles. The second-order valence-electron chi connectivity index (χ2n) is 9.85. The summed E-state index contributed by atoms with van der Waals surface area (Å²) in [6.07, 6.45) is 2.21. The zero-order valence-corrected chi connectivity index (χ0v) is 23.2. The lowest BCUT2D eigenvalue weighted by Gasteiger charge is -2.39. The fraction of sp³-hybridized carbons (Fsp3) is 0.370. The highest BCUT2D eigenvalue weighted by Crippen LogP contribution is 2.46. The summed E-state index contributed by atoms with van der Waals surface area (Å²) < 4.78 is 12.2. The van der Waals surface area contributed by atoms with Crippen LogP contribution < -0.4 is 9.64 Å². The zero-order chi connectivity index (χ0) is 26.6. The molecule has 3 heterocycles. The number of carbonyl (C=O) groups is 1. The van der Waals surface area contributed by atoms with Crippen LogP contribution in [0.1, 0.15) is 47.4 Å². The molecular formula is C27H26Cl2N4O4S. The number of halogens is 2. The van der Waals surface area contributed by atoms with E-state index in [1.165, 1.54) is 11.3 Å². The van der Waals surface area contributed by atoms with Gasteiger partial charge in [-0.2, -0.15) is 0 Å². The van der Waals surface area contributed by atoms with E-state index in [1.807, 2.05) is 18.2 Å². The van der Waals surface area contributed by atoms with Gasteiger partial charge in [-0.3, -0.25) is 4.90 Å². The Morgan fingerprint density at radius 2 is 2.00 bits per heavy atom. The predicted octanol–water partition coefficient (Wildman–Crippen LogP) is 6.55. The topological polar surface area (TPSA) is 91.9 Å². The lowest BCUT2D eigenvalue weighted by Crippen LogP contribution is -2.51. The van der Waals surface area contributed by atoms with E-state index in [0.717, 1.165) is 64.9 Å². The maximum absolute atomic E-state index is 11.5. The molecule has 1 saturated heterocycles. The minimum absolute atomic E-state index is 0.165. The third-order valence-corrected chi connectivity index (χ3v) is 8.97. The SMILES string of the molecule is COc1cc(C(=O)O)cc2nc(N3CCN(Cc4c(-c5c(Cl)cccc5Cl)noc4C4CC4)C[C@@H]3C)sc12. The Morgan fingerprint density at radius 1 is 1.24 bits per heavy atom. The molecule has 2 aromatic heterocycles. The molecule has 0 unspecified atom stereocenters. The van der Waals surface area contributed by atoms with Crippen LogP contribution in [0.5, 0.6) is 5.75 Å². The van der Waals surface area contributed by atoms with Crippen molar-refractivity contribution in [3.05, 3.63) is 57.3 Å². The molecule has 4 aromatic rings. The summed E-state index contributed by atoms with van der Waals surface area (Å²) in [5.41, 5.74) is 3.31. The number of aromatic carboxylic acids is 1. The Hall–Kier alpha value is -2.85. The van der Waals surface area contributed by atoms with Crippen LogP contribution in [0.3, 0.4) is 0 Å². The zero-order valence-electron chi connectivity index (χ0n) is 20.9. The van der Waals surface area contributed by atoms with Gasteiger partial charge in [-0.15, -0.1) is 0 Å². The number of rotatable bonds is 7. The molecule has 1 aliphatic carbocycles. The smallest absolute Gasteiger partial charge is 0.335 e. The van der Waals surface area contributed by atoms with Gasteiger partial charge in [0, 0.05) is 49.3 Å². The lowest BCUT2D eigenvalue weighted by molar-refractivity contribution is 0.0696.